The van der Waals surface area contributed by atoms with E-state index in [4.69, 9.17) is 5.73 Å². The Labute approximate surface area is 121 Å². The molecule has 1 aliphatic rings. The van der Waals surface area contributed by atoms with Crippen LogP contribution >= 0.6 is 0 Å². The lowest BCUT2D eigenvalue weighted by Crippen LogP contribution is -2.32. The van der Waals surface area contributed by atoms with E-state index in [1.807, 2.05) is 0 Å². The minimum atomic E-state index is -0.759. The highest BCUT2D eigenvalue weighted by Gasteiger charge is 2.36. The van der Waals surface area contributed by atoms with E-state index in [9.17, 15) is 14.4 Å². The Morgan fingerprint density at radius 3 is 2.67 bits per heavy atom. The number of rotatable bonds is 4. The van der Waals surface area contributed by atoms with Gasteiger partial charge in [-0.15, -0.1) is 0 Å². The summed E-state index contributed by atoms with van der Waals surface area (Å²) >= 11 is 0. The molecular weight excluding hydrogens is 272 g/mol. The highest BCUT2D eigenvalue weighted by Crippen LogP contribution is 2.25. The number of nitrogens with zero attached hydrogens (tertiary/aromatic N) is 2. The van der Waals surface area contributed by atoms with Crippen LogP contribution in [0.3, 0.4) is 0 Å². The van der Waals surface area contributed by atoms with Crippen LogP contribution in [0.4, 0.5) is 4.79 Å². The first-order chi connectivity index (χ1) is 9.91. The van der Waals surface area contributed by atoms with E-state index in [-0.39, 0.29) is 18.4 Å². The second-order valence-electron chi connectivity index (χ2n) is 4.83. The molecule has 2 rings (SSSR count). The van der Waals surface area contributed by atoms with Crippen molar-refractivity contribution in [2.75, 3.05) is 6.54 Å². The fraction of sp³-hybridized carbons (Fsp3) is 0.286. The van der Waals surface area contributed by atoms with Gasteiger partial charge in [-0.1, -0.05) is 12.1 Å². The quantitative estimate of drug-likeness (QED) is 0.491. The van der Waals surface area contributed by atoms with Crippen LogP contribution in [0.2, 0.25) is 0 Å². The number of hydrazone groups is 1. The first kappa shape index (κ1) is 14.7. The minimum absolute atomic E-state index is 0.210. The molecule has 0 saturated carbocycles. The number of amides is 4. The molecule has 0 aliphatic carbocycles. The Kier molecular flexibility index (Phi) is 4.02. The number of aryl methyl sites for hydroxylation is 1. The number of hydrogen-bond acceptors (Lipinski definition) is 4. The molecule has 7 heteroatoms. The van der Waals surface area contributed by atoms with Gasteiger partial charge in [-0.05, 0) is 25.5 Å². The summed E-state index contributed by atoms with van der Waals surface area (Å²) in [7, 11) is 0. The molecule has 1 aromatic carbocycles. The number of carbonyl (C=O) groups is 3. The van der Waals surface area contributed by atoms with Crippen LogP contribution in [-0.4, -0.2) is 35.0 Å². The molecule has 21 heavy (non-hydrogen) atoms. The molecule has 0 spiro atoms. The lowest BCUT2D eigenvalue weighted by Gasteiger charge is -2.13. The highest BCUT2D eigenvalue weighted by atomic mass is 16.2. The third-order valence-corrected chi connectivity index (χ3v) is 3.26. The number of primary amides is 1. The van der Waals surface area contributed by atoms with Crippen molar-refractivity contribution in [2.24, 2.45) is 10.8 Å². The molecule has 7 nitrogen and oxygen atoms in total. The standard InChI is InChI=1S/C14H16N4O3/c1-8-4-3-5-10-11(8)13(20)18(12(10)19)7-6-9(2)16-17-14(15)21/h3-5H,6-7H2,1-2H3,(H3,15,17,21)/b16-9+. The Morgan fingerprint density at radius 2 is 2.05 bits per heavy atom. The Morgan fingerprint density at radius 1 is 1.33 bits per heavy atom. The molecule has 1 aromatic rings. The van der Waals surface area contributed by atoms with Crippen LogP contribution in [-0.2, 0) is 0 Å². The monoisotopic (exact) mass is 288 g/mol. The summed E-state index contributed by atoms with van der Waals surface area (Å²) in [6, 6.07) is 4.45. The number of fused-ring (bicyclic) bond motifs is 1. The second kappa shape index (κ2) is 5.74. The van der Waals surface area contributed by atoms with E-state index >= 15 is 0 Å². The summed E-state index contributed by atoms with van der Waals surface area (Å²) in [6.45, 7) is 3.69. The molecule has 0 aromatic heterocycles. The Hall–Kier alpha value is -2.70. The molecule has 0 saturated heterocycles. The van der Waals surface area contributed by atoms with Crippen LogP contribution in [0.15, 0.2) is 23.3 Å². The van der Waals surface area contributed by atoms with E-state index < -0.39 is 6.03 Å². The number of carbonyl (C=O) groups excluding carboxylic acids is 3. The van der Waals surface area contributed by atoms with Gasteiger partial charge < -0.3 is 5.73 Å². The van der Waals surface area contributed by atoms with Crippen molar-refractivity contribution in [3.63, 3.8) is 0 Å². The van der Waals surface area contributed by atoms with Crippen molar-refractivity contribution < 1.29 is 14.4 Å². The predicted molar refractivity (Wildman–Crippen MR) is 77.0 cm³/mol. The van der Waals surface area contributed by atoms with Crippen molar-refractivity contribution in [2.45, 2.75) is 20.3 Å². The van der Waals surface area contributed by atoms with Gasteiger partial charge in [0.1, 0.15) is 0 Å². The van der Waals surface area contributed by atoms with Gasteiger partial charge in [-0.25, -0.2) is 10.2 Å². The number of nitrogens with two attached hydrogens (primary N) is 1. The zero-order valence-corrected chi connectivity index (χ0v) is 11.8. The Bertz CT molecular complexity index is 652. The maximum absolute atomic E-state index is 12.3. The second-order valence-corrected chi connectivity index (χ2v) is 4.83. The van der Waals surface area contributed by atoms with Crippen molar-refractivity contribution in [3.8, 4) is 0 Å². The predicted octanol–water partition coefficient (Wildman–Crippen LogP) is 1.03. The van der Waals surface area contributed by atoms with Gasteiger partial charge in [0, 0.05) is 18.7 Å². The maximum atomic E-state index is 12.3. The smallest absolute Gasteiger partial charge is 0.332 e. The van der Waals surface area contributed by atoms with Gasteiger partial charge in [-0.2, -0.15) is 5.10 Å². The van der Waals surface area contributed by atoms with E-state index in [1.165, 1.54) is 4.90 Å². The SMILES string of the molecule is C/C(CCN1C(=O)c2cccc(C)c2C1=O)=N\NC(N)=O. The molecular formula is C14H16N4O3. The van der Waals surface area contributed by atoms with Crippen LogP contribution in [0.1, 0.15) is 39.6 Å². The topological polar surface area (TPSA) is 105 Å². The molecule has 3 N–H and O–H groups in total. The number of nitrogens with one attached hydrogen (secondary N) is 1. The number of hydrogen-bond donors (Lipinski definition) is 2. The normalized spacial score (nSPS) is 14.4. The first-order valence-corrected chi connectivity index (χ1v) is 6.46. The van der Waals surface area contributed by atoms with Crippen LogP contribution < -0.4 is 11.2 Å². The fourth-order valence-corrected chi connectivity index (χ4v) is 2.19. The van der Waals surface area contributed by atoms with Crippen LogP contribution in [0.5, 0.6) is 0 Å². The third kappa shape index (κ3) is 2.91. The molecule has 0 atom stereocenters. The molecule has 1 heterocycles. The zero-order chi connectivity index (χ0) is 15.6. The van der Waals surface area contributed by atoms with Crippen molar-refractivity contribution in [3.05, 3.63) is 34.9 Å². The maximum Gasteiger partial charge on any atom is 0.332 e. The summed E-state index contributed by atoms with van der Waals surface area (Å²) in [5, 5.41) is 3.74. The van der Waals surface area contributed by atoms with Crippen molar-refractivity contribution in [1.82, 2.24) is 10.3 Å². The van der Waals surface area contributed by atoms with Crippen LogP contribution in [0.25, 0.3) is 0 Å². The average Bonchev–Trinajstić information content (AvgIpc) is 2.67. The molecule has 110 valence electrons. The molecule has 0 radical (unpaired) electrons. The first-order valence-electron chi connectivity index (χ1n) is 6.46. The molecule has 0 unspecified atom stereocenters. The number of urea groups is 1. The van der Waals surface area contributed by atoms with E-state index in [0.717, 1.165) is 5.56 Å². The van der Waals surface area contributed by atoms with Crippen LogP contribution in [0, 0.1) is 6.92 Å². The van der Waals surface area contributed by atoms with Gasteiger partial charge in [0.15, 0.2) is 0 Å². The average molecular weight is 288 g/mol. The molecule has 0 bridgehead atoms. The van der Waals surface area contributed by atoms with Gasteiger partial charge in [-0.3, -0.25) is 14.5 Å². The summed E-state index contributed by atoms with van der Waals surface area (Å²) in [4.78, 5) is 36.2. The lowest BCUT2D eigenvalue weighted by atomic mass is 10.0. The third-order valence-electron chi connectivity index (χ3n) is 3.26. The highest BCUT2D eigenvalue weighted by molar-refractivity contribution is 6.22. The van der Waals surface area contributed by atoms with Gasteiger partial charge in [0.2, 0.25) is 0 Å². The van der Waals surface area contributed by atoms with Gasteiger partial charge >= 0.3 is 6.03 Å². The van der Waals surface area contributed by atoms with Gasteiger partial charge in [0.25, 0.3) is 11.8 Å². The summed E-state index contributed by atoms with van der Waals surface area (Å²) in [5.41, 5.74) is 9.27. The van der Waals surface area contributed by atoms with Crippen molar-refractivity contribution >= 4 is 23.6 Å². The summed E-state index contributed by atoms with van der Waals surface area (Å²) in [6.07, 6.45) is 0.366. The van der Waals surface area contributed by atoms with E-state index in [2.05, 4.69) is 10.5 Å². The Balaban J connectivity index is 2.09. The number of imide groups is 1. The summed E-state index contributed by atoms with van der Waals surface area (Å²) in [5.74, 6) is -0.585. The summed E-state index contributed by atoms with van der Waals surface area (Å²) < 4.78 is 0. The largest absolute Gasteiger partial charge is 0.350 e. The molecule has 1 aliphatic heterocycles. The molecule has 4 amide bonds. The zero-order valence-electron chi connectivity index (χ0n) is 11.8. The minimum Gasteiger partial charge on any atom is -0.350 e. The van der Waals surface area contributed by atoms with Gasteiger partial charge in [0.05, 0.1) is 11.1 Å². The lowest BCUT2D eigenvalue weighted by molar-refractivity contribution is 0.0658. The van der Waals surface area contributed by atoms with E-state index in [1.54, 1.807) is 32.0 Å². The molecule has 0 fully saturated rings. The van der Waals surface area contributed by atoms with E-state index in [0.29, 0.717) is 23.3 Å². The fourth-order valence-electron chi connectivity index (χ4n) is 2.19. The number of benzene rings is 1. The van der Waals surface area contributed by atoms with Crippen molar-refractivity contribution in [1.29, 1.82) is 0 Å².